The van der Waals surface area contributed by atoms with Crippen molar-refractivity contribution in [2.75, 3.05) is 6.61 Å². The number of halogens is 2. The standard InChI is InChI=1S/C16H24BrFO/c1-2-3-4-5-6-7-8-9-12-19-16-13-14(17)10-11-15(16)18/h10-11,13H,2-9,12H2,1H3. The van der Waals surface area contributed by atoms with Gasteiger partial charge < -0.3 is 4.74 Å². The van der Waals surface area contributed by atoms with Crippen molar-refractivity contribution in [3.63, 3.8) is 0 Å². The van der Waals surface area contributed by atoms with Gasteiger partial charge in [-0.25, -0.2) is 4.39 Å². The summed E-state index contributed by atoms with van der Waals surface area (Å²) >= 11 is 3.31. The fourth-order valence-corrected chi connectivity index (χ4v) is 2.35. The van der Waals surface area contributed by atoms with Crippen LogP contribution in [0, 0.1) is 5.82 Å². The second-order valence-corrected chi connectivity index (χ2v) is 5.81. The quantitative estimate of drug-likeness (QED) is 0.470. The molecule has 3 heteroatoms. The number of unbranched alkanes of at least 4 members (excludes halogenated alkanes) is 7. The highest BCUT2D eigenvalue weighted by Gasteiger charge is 2.03. The minimum absolute atomic E-state index is 0.289. The fourth-order valence-electron chi connectivity index (χ4n) is 2.01. The van der Waals surface area contributed by atoms with E-state index in [9.17, 15) is 4.39 Å². The van der Waals surface area contributed by atoms with Crippen LogP contribution in [0.3, 0.4) is 0 Å². The maximum absolute atomic E-state index is 13.4. The molecule has 1 aromatic rings. The highest BCUT2D eigenvalue weighted by atomic mass is 79.9. The molecule has 0 spiro atoms. The van der Waals surface area contributed by atoms with Crippen LogP contribution in [0.15, 0.2) is 22.7 Å². The van der Waals surface area contributed by atoms with Crippen molar-refractivity contribution >= 4 is 15.9 Å². The number of hydrogen-bond donors (Lipinski definition) is 0. The van der Waals surface area contributed by atoms with E-state index < -0.39 is 0 Å². The lowest BCUT2D eigenvalue weighted by Crippen LogP contribution is -1.99. The van der Waals surface area contributed by atoms with Gasteiger partial charge in [0, 0.05) is 4.47 Å². The van der Waals surface area contributed by atoms with E-state index in [0.717, 1.165) is 10.9 Å². The summed E-state index contributed by atoms with van der Waals surface area (Å²) in [5, 5.41) is 0. The summed E-state index contributed by atoms with van der Waals surface area (Å²) in [6.45, 7) is 2.83. The molecule has 1 aromatic carbocycles. The smallest absolute Gasteiger partial charge is 0.165 e. The first-order valence-electron chi connectivity index (χ1n) is 7.32. The average molecular weight is 331 g/mol. The first-order valence-corrected chi connectivity index (χ1v) is 8.11. The van der Waals surface area contributed by atoms with Crippen LogP contribution in [0.5, 0.6) is 5.75 Å². The van der Waals surface area contributed by atoms with E-state index in [-0.39, 0.29) is 5.82 Å². The van der Waals surface area contributed by atoms with Gasteiger partial charge >= 0.3 is 0 Å². The van der Waals surface area contributed by atoms with Crippen molar-refractivity contribution < 1.29 is 9.13 Å². The van der Waals surface area contributed by atoms with Gasteiger partial charge in [-0.1, -0.05) is 67.8 Å². The zero-order valence-corrected chi connectivity index (χ0v) is 13.3. The van der Waals surface area contributed by atoms with Gasteiger partial charge in [0.1, 0.15) is 0 Å². The van der Waals surface area contributed by atoms with Crippen molar-refractivity contribution in [2.45, 2.75) is 58.3 Å². The third-order valence-electron chi connectivity index (χ3n) is 3.15. The summed E-state index contributed by atoms with van der Waals surface area (Å²) in [6, 6.07) is 4.78. The average Bonchev–Trinajstić information content (AvgIpc) is 2.40. The van der Waals surface area contributed by atoms with Crippen molar-refractivity contribution in [1.29, 1.82) is 0 Å². The van der Waals surface area contributed by atoms with Crippen LogP contribution in [0.4, 0.5) is 4.39 Å². The van der Waals surface area contributed by atoms with Crippen LogP contribution in [0.1, 0.15) is 58.3 Å². The summed E-state index contributed by atoms with van der Waals surface area (Å²) in [5.41, 5.74) is 0. The summed E-state index contributed by atoms with van der Waals surface area (Å²) in [4.78, 5) is 0. The minimum Gasteiger partial charge on any atom is -0.490 e. The van der Waals surface area contributed by atoms with E-state index in [1.165, 1.54) is 51.0 Å². The van der Waals surface area contributed by atoms with Gasteiger partial charge in [-0.05, 0) is 24.6 Å². The molecule has 0 saturated carbocycles. The number of hydrogen-bond acceptors (Lipinski definition) is 1. The Morgan fingerprint density at radius 2 is 1.63 bits per heavy atom. The van der Waals surface area contributed by atoms with E-state index >= 15 is 0 Å². The Labute approximate surface area is 124 Å². The highest BCUT2D eigenvalue weighted by Crippen LogP contribution is 2.22. The number of benzene rings is 1. The highest BCUT2D eigenvalue weighted by molar-refractivity contribution is 9.10. The molecule has 0 bridgehead atoms. The Balaban J connectivity index is 2.03. The Kier molecular flexibility index (Phi) is 8.89. The number of rotatable bonds is 10. The number of ether oxygens (including phenoxy) is 1. The predicted molar refractivity (Wildman–Crippen MR) is 82.2 cm³/mol. The van der Waals surface area contributed by atoms with Crippen LogP contribution in [-0.4, -0.2) is 6.61 Å². The summed E-state index contributed by atoms with van der Waals surface area (Å²) < 4.78 is 19.7. The molecule has 0 amide bonds. The molecule has 0 fully saturated rings. The summed E-state index contributed by atoms with van der Waals surface area (Å²) in [5.74, 6) is 0.0556. The van der Waals surface area contributed by atoms with Gasteiger partial charge in [-0.2, -0.15) is 0 Å². The van der Waals surface area contributed by atoms with Crippen LogP contribution in [0.25, 0.3) is 0 Å². The molecule has 108 valence electrons. The molecule has 0 unspecified atom stereocenters. The Hall–Kier alpha value is -0.570. The molecule has 0 radical (unpaired) electrons. The van der Waals surface area contributed by atoms with Crippen molar-refractivity contribution in [3.05, 3.63) is 28.5 Å². The fraction of sp³-hybridized carbons (Fsp3) is 0.625. The molecule has 1 rings (SSSR count). The van der Waals surface area contributed by atoms with Gasteiger partial charge in [0.25, 0.3) is 0 Å². The molecule has 0 aliphatic carbocycles. The maximum atomic E-state index is 13.4. The van der Waals surface area contributed by atoms with Crippen LogP contribution < -0.4 is 4.74 Å². The maximum Gasteiger partial charge on any atom is 0.165 e. The van der Waals surface area contributed by atoms with E-state index in [4.69, 9.17) is 4.74 Å². The molecule has 0 saturated heterocycles. The molecule has 0 aliphatic rings. The molecular weight excluding hydrogens is 307 g/mol. The molecule has 0 heterocycles. The van der Waals surface area contributed by atoms with E-state index in [1.54, 1.807) is 12.1 Å². The molecule has 0 aliphatic heterocycles. The van der Waals surface area contributed by atoms with E-state index in [0.29, 0.717) is 12.4 Å². The lowest BCUT2D eigenvalue weighted by atomic mass is 10.1. The summed E-state index contributed by atoms with van der Waals surface area (Å²) in [7, 11) is 0. The van der Waals surface area contributed by atoms with Crippen LogP contribution in [0.2, 0.25) is 0 Å². The minimum atomic E-state index is -0.289. The zero-order valence-electron chi connectivity index (χ0n) is 11.8. The second kappa shape index (κ2) is 10.2. The topological polar surface area (TPSA) is 9.23 Å². The van der Waals surface area contributed by atoms with E-state index in [2.05, 4.69) is 22.9 Å². The van der Waals surface area contributed by atoms with E-state index in [1.807, 2.05) is 0 Å². The third-order valence-corrected chi connectivity index (χ3v) is 3.64. The third kappa shape index (κ3) is 7.56. The molecule has 1 nitrogen and oxygen atoms in total. The van der Waals surface area contributed by atoms with Gasteiger partial charge in [-0.15, -0.1) is 0 Å². The lowest BCUT2D eigenvalue weighted by molar-refractivity contribution is 0.289. The summed E-state index contributed by atoms with van der Waals surface area (Å²) in [6.07, 6.45) is 10.1. The Morgan fingerprint density at radius 3 is 2.32 bits per heavy atom. The van der Waals surface area contributed by atoms with Crippen LogP contribution in [-0.2, 0) is 0 Å². The first-order chi connectivity index (χ1) is 9.24. The van der Waals surface area contributed by atoms with Gasteiger partial charge in [-0.3, -0.25) is 0 Å². The molecule has 0 aromatic heterocycles. The molecular formula is C16H24BrFO. The van der Waals surface area contributed by atoms with Crippen LogP contribution >= 0.6 is 15.9 Å². The second-order valence-electron chi connectivity index (χ2n) is 4.90. The van der Waals surface area contributed by atoms with Crippen molar-refractivity contribution in [2.24, 2.45) is 0 Å². The first kappa shape index (κ1) is 16.5. The van der Waals surface area contributed by atoms with Crippen molar-refractivity contribution in [3.8, 4) is 5.75 Å². The predicted octanol–water partition coefficient (Wildman–Crippen LogP) is 6.11. The zero-order chi connectivity index (χ0) is 13.9. The largest absolute Gasteiger partial charge is 0.490 e. The van der Waals surface area contributed by atoms with Gasteiger partial charge in [0.05, 0.1) is 6.61 Å². The van der Waals surface area contributed by atoms with Gasteiger partial charge in [0.2, 0.25) is 0 Å². The molecule has 0 atom stereocenters. The molecule has 0 N–H and O–H groups in total. The SMILES string of the molecule is CCCCCCCCCCOc1cc(Br)ccc1F. The Bertz CT molecular complexity index is 355. The normalized spacial score (nSPS) is 10.7. The van der Waals surface area contributed by atoms with Crippen molar-refractivity contribution in [1.82, 2.24) is 0 Å². The lowest BCUT2D eigenvalue weighted by Gasteiger charge is -2.07. The Morgan fingerprint density at radius 1 is 1.00 bits per heavy atom. The monoisotopic (exact) mass is 330 g/mol. The molecule has 19 heavy (non-hydrogen) atoms. The van der Waals surface area contributed by atoms with Gasteiger partial charge in [0.15, 0.2) is 11.6 Å².